The van der Waals surface area contributed by atoms with Crippen LogP contribution in [-0.4, -0.2) is 59.9 Å². The Bertz CT molecular complexity index is 532. The van der Waals surface area contributed by atoms with Crippen molar-refractivity contribution in [3.63, 3.8) is 0 Å². The molecule has 2 N–H and O–H groups in total. The van der Waals surface area contributed by atoms with Gasteiger partial charge in [-0.2, -0.15) is 11.8 Å². The predicted molar refractivity (Wildman–Crippen MR) is 96.4 cm³/mol. The molecule has 0 spiro atoms. The average Bonchev–Trinajstić information content (AvgIpc) is 3.00. The minimum atomic E-state index is -0.141. The van der Waals surface area contributed by atoms with Crippen molar-refractivity contribution in [2.45, 2.75) is 19.4 Å². The van der Waals surface area contributed by atoms with Crippen LogP contribution in [0.3, 0.4) is 0 Å². The van der Waals surface area contributed by atoms with Crippen LogP contribution in [0, 0.1) is 5.41 Å². The average molecular weight is 334 g/mol. The summed E-state index contributed by atoms with van der Waals surface area (Å²) in [5, 5.41) is 0. The van der Waals surface area contributed by atoms with Gasteiger partial charge in [-0.05, 0) is 23.9 Å². The smallest absolute Gasteiger partial charge is 0.244 e. The highest BCUT2D eigenvalue weighted by Gasteiger charge is 2.39. The second kappa shape index (κ2) is 7.24. The number of hydrogen-bond donors (Lipinski definition) is 1. The van der Waals surface area contributed by atoms with E-state index in [1.54, 1.807) is 0 Å². The first-order valence-electron chi connectivity index (χ1n) is 8.49. The van der Waals surface area contributed by atoms with Crippen molar-refractivity contribution < 1.29 is 4.79 Å². The number of amides is 1. The van der Waals surface area contributed by atoms with Crippen molar-refractivity contribution in [1.82, 2.24) is 9.80 Å². The van der Waals surface area contributed by atoms with E-state index in [1.165, 1.54) is 0 Å². The topological polar surface area (TPSA) is 49.6 Å². The Balaban J connectivity index is 1.82. The molecule has 2 heterocycles. The summed E-state index contributed by atoms with van der Waals surface area (Å²) in [5.74, 6) is 2.47. The molecule has 1 aromatic rings. The van der Waals surface area contributed by atoms with Gasteiger partial charge >= 0.3 is 0 Å². The minimum Gasteiger partial charge on any atom is -0.340 e. The first-order chi connectivity index (χ1) is 11.1. The third kappa shape index (κ3) is 3.73. The summed E-state index contributed by atoms with van der Waals surface area (Å²) in [7, 11) is 0. The van der Waals surface area contributed by atoms with Gasteiger partial charge < -0.3 is 10.6 Å². The Morgan fingerprint density at radius 3 is 2.57 bits per heavy atom. The second-order valence-electron chi connectivity index (χ2n) is 6.99. The zero-order valence-electron chi connectivity index (χ0n) is 13.9. The molecule has 5 heteroatoms. The van der Waals surface area contributed by atoms with Gasteiger partial charge in [0.25, 0.3) is 0 Å². The van der Waals surface area contributed by atoms with Crippen LogP contribution in [0.5, 0.6) is 0 Å². The van der Waals surface area contributed by atoms with E-state index < -0.39 is 0 Å². The van der Waals surface area contributed by atoms with Crippen molar-refractivity contribution in [1.29, 1.82) is 0 Å². The molecule has 2 unspecified atom stereocenters. The largest absolute Gasteiger partial charge is 0.340 e. The number of nitrogens with zero attached hydrogens (tertiary/aromatic N) is 2. The van der Waals surface area contributed by atoms with Gasteiger partial charge in [0, 0.05) is 37.7 Å². The lowest BCUT2D eigenvalue weighted by molar-refractivity contribution is -0.136. The maximum Gasteiger partial charge on any atom is 0.244 e. The first kappa shape index (κ1) is 16.8. The van der Waals surface area contributed by atoms with Crippen molar-refractivity contribution in [2.24, 2.45) is 11.1 Å². The first-order valence-corrected chi connectivity index (χ1v) is 9.64. The molecule has 0 aliphatic carbocycles. The van der Waals surface area contributed by atoms with E-state index >= 15 is 0 Å². The second-order valence-corrected chi connectivity index (χ2v) is 8.21. The Morgan fingerprint density at radius 1 is 1.26 bits per heavy atom. The number of carbonyl (C=O) groups excluding carboxylic acids is 1. The molecular weight excluding hydrogens is 306 g/mol. The van der Waals surface area contributed by atoms with Crippen LogP contribution in [0.2, 0.25) is 0 Å². The molecule has 2 atom stereocenters. The molecule has 3 rings (SSSR count). The summed E-state index contributed by atoms with van der Waals surface area (Å²) < 4.78 is 0. The molecule has 1 aromatic carbocycles. The summed E-state index contributed by atoms with van der Waals surface area (Å²) in [6.45, 7) is 6.42. The summed E-state index contributed by atoms with van der Waals surface area (Å²) in [4.78, 5) is 17.7. The maximum atomic E-state index is 13.3. The van der Waals surface area contributed by atoms with E-state index in [2.05, 4.69) is 24.0 Å². The van der Waals surface area contributed by atoms with Gasteiger partial charge in [0.05, 0.1) is 0 Å². The fraction of sp³-hybridized carbons (Fsp3) is 0.611. The minimum absolute atomic E-state index is 0.0780. The van der Waals surface area contributed by atoms with Gasteiger partial charge in [0.2, 0.25) is 5.91 Å². The standard InChI is InChI=1S/C18H27N3OS/c1-18(13-19)7-8-21(14-18)17(22)16(15-5-3-2-4-6-15)20-9-11-23-12-10-20/h2-6,16H,7-14,19H2,1H3. The third-order valence-electron chi connectivity index (χ3n) is 5.12. The molecule has 2 fully saturated rings. The van der Waals surface area contributed by atoms with Crippen LogP contribution in [0.25, 0.3) is 0 Å². The Kier molecular flexibility index (Phi) is 5.29. The molecular formula is C18H27N3OS. The molecule has 2 aliphatic rings. The number of hydrogen-bond acceptors (Lipinski definition) is 4. The summed E-state index contributed by atoms with van der Waals surface area (Å²) in [5.41, 5.74) is 7.10. The predicted octanol–water partition coefficient (Wildman–Crippen LogP) is 1.97. The number of carbonyl (C=O) groups is 1. The van der Waals surface area contributed by atoms with E-state index in [1.807, 2.05) is 34.9 Å². The highest BCUT2D eigenvalue weighted by molar-refractivity contribution is 7.99. The number of thioether (sulfide) groups is 1. The molecule has 0 bridgehead atoms. The summed E-state index contributed by atoms with van der Waals surface area (Å²) >= 11 is 1.98. The van der Waals surface area contributed by atoms with Crippen molar-refractivity contribution in [3.8, 4) is 0 Å². The van der Waals surface area contributed by atoms with E-state index in [0.717, 1.165) is 49.7 Å². The monoisotopic (exact) mass is 333 g/mol. The lowest BCUT2D eigenvalue weighted by Gasteiger charge is -2.36. The van der Waals surface area contributed by atoms with Gasteiger partial charge in [-0.3, -0.25) is 9.69 Å². The van der Waals surface area contributed by atoms with Crippen LogP contribution >= 0.6 is 11.8 Å². The number of benzene rings is 1. The fourth-order valence-corrected chi connectivity index (χ4v) is 4.46. The van der Waals surface area contributed by atoms with E-state index in [9.17, 15) is 4.79 Å². The van der Waals surface area contributed by atoms with Gasteiger partial charge in [-0.15, -0.1) is 0 Å². The summed E-state index contributed by atoms with van der Waals surface area (Å²) in [6.07, 6.45) is 1.01. The van der Waals surface area contributed by atoms with E-state index in [4.69, 9.17) is 5.73 Å². The Hall–Kier alpha value is -1.04. The van der Waals surface area contributed by atoms with Crippen LogP contribution in [0.15, 0.2) is 30.3 Å². The quantitative estimate of drug-likeness (QED) is 0.915. The van der Waals surface area contributed by atoms with Crippen molar-refractivity contribution in [2.75, 3.05) is 44.2 Å². The van der Waals surface area contributed by atoms with Gasteiger partial charge in [-0.25, -0.2) is 0 Å². The zero-order chi connectivity index (χ0) is 16.3. The molecule has 1 amide bonds. The molecule has 2 aliphatic heterocycles. The van der Waals surface area contributed by atoms with Crippen LogP contribution in [-0.2, 0) is 4.79 Å². The van der Waals surface area contributed by atoms with Crippen molar-refractivity contribution >= 4 is 17.7 Å². The lowest BCUT2D eigenvalue weighted by Crippen LogP contribution is -2.46. The van der Waals surface area contributed by atoms with Gasteiger partial charge in [0.1, 0.15) is 6.04 Å². The molecule has 23 heavy (non-hydrogen) atoms. The lowest BCUT2D eigenvalue weighted by atomic mass is 9.90. The highest BCUT2D eigenvalue weighted by Crippen LogP contribution is 2.33. The Labute approximate surface area is 143 Å². The molecule has 4 nitrogen and oxygen atoms in total. The molecule has 0 saturated carbocycles. The van der Waals surface area contributed by atoms with Crippen LogP contribution < -0.4 is 5.73 Å². The number of rotatable bonds is 4. The third-order valence-corrected chi connectivity index (χ3v) is 6.06. The normalized spacial score (nSPS) is 27.1. The van der Waals surface area contributed by atoms with Crippen LogP contribution in [0.1, 0.15) is 24.9 Å². The maximum absolute atomic E-state index is 13.3. The molecule has 2 saturated heterocycles. The zero-order valence-corrected chi connectivity index (χ0v) is 14.7. The van der Waals surface area contributed by atoms with Gasteiger partial charge in [-0.1, -0.05) is 37.3 Å². The van der Waals surface area contributed by atoms with Crippen LogP contribution in [0.4, 0.5) is 0 Å². The number of likely N-dealkylation sites (tertiary alicyclic amines) is 1. The molecule has 126 valence electrons. The van der Waals surface area contributed by atoms with E-state index in [0.29, 0.717) is 6.54 Å². The Morgan fingerprint density at radius 2 is 1.96 bits per heavy atom. The number of nitrogens with two attached hydrogens (primary N) is 1. The molecule has 0 radical (unpaired) electrons. The molecule has 0 aromatic heterocycles. The van der Waals surface area contributed by atoms with E-state index in [-0.39, 0.29) is 17.4 Å². The highest BCUT2D eigenvalue weighted by atomic mass is 32.2. The van der Waals surface area contributed by atoms with Crippen molar-refractivity contribution in [3.05, 3.63) is 35.9 Å². The fourth-order valence-electron chi connectivity index (χ4n) is 3.53. The van der Waals surface area contributed by atoms with Gasteiger partial charge in [0.15, 0.2) is 0 Å². The SMILES string of the molecule is CC1(CN)CCN(C(=O)C(c2ccccc2)N2CCSCC2)C1. The summed E-state index contributed by atoms with van der Waals surface area (Å²) in [6, 6.07) is 10.1.